The highest BCUT2D eigenvalue weighted by molar-refractivity contribution is 5.89. The van der Waals surface area contributed by atoms with E-state index in [9.17, 15) is 14.9 Å². The number of nitrogens with zero attached hydrogens (tertiary/aromatic N) is 4. The molecule has 0 spiro atoms. The summed E-state index contributed by atoms with van der Waals surface area (Å²) in [7, 11) is 0. The van der Waals surface area contributed by atoms with E-state index in [2.05, 4.69) is 17.2 Å². The molecular formula is C17H21N5O3. The van der Waals surface area contributed by atoms with Gasteiger partial charge in [0.05, 0.1) is 17.3 Å². The van der Waals surface area contributed by atoms with Crippen molar-refractivity contribution in [3.63, 3.8) is 0 Å². The van der Waals surface area contributed by atoms with Crippen molar-refractivity contribution in [1.82, 2.24) is 14.5 Å². The molecule has 2 heterocycles. The lowest BCUT2D eigenvalue weighted by Crippen LogP contribution is -2.45. The van der Waals surface area contributed by atoms with Gasteiger partial charge in [-0.3, -0.25) is 10.1 Å². The first kappa shape index (κ1) is 16.9. The van der Waals surface area contributed by atoms with Crippen LogP contribution >= 0.6 is 0 Å². The lowest BCUT2D eigenvalue weighted by Gasteiger charge is -2.37. The van der Waals surface area contributed by atoms with E-state index < -0.39 is 4.92 Å². The molecule has 0 saturated carbocycles. The Bertz CT molecular complexity index is 775. The molecule has 132 valence electrons. The lowest BCUT2D eigenvalue weighted by molar-refractivity contribution is -0.385. The van der Waals surface area contributed by atoms with E-state index >= 15 is 0 Å². The molecule has 2 atom stereocenters. The van der Waals surface area contributed by atoms with Gasteiger partial charge >= 0.3 is 6.03 Å². The fraction of sp³-hybridized carbons (Fsp3) is 0.412. The Kier molecular flexibility index (Phi) is 4.69. The Hall–Kier alpha value is -2.90. The number of urea groups is 1. The Morgan fingerprint density at radius 1 is 1.44 bits per heavy atom. The topological polar surface area (TPSA) is 93.3 Å². The van der Waals surface area contributed by atoms with Crippen molar-refractivity contribution in [3.05, 3.63) is 52.6 Å². The molecule has 1 aliphatic rings. The Balaban J connectivity index is 1.69. The number of piperidine rings is 1. The van der Waals surface area contributed by atoms with E-state index in [4.69, 9.17) is 0 Å². The third kappa shape index (κ3) is 3.62. The number of aryl methyl sites for hydroxylation is 1. The van der Waals surface area contributed by atoms with Crippen molar-refractivity contribution in [1.29, 1.82) is 0 Å². The van der Waals surface area contributed by atoms with Gasteiger partial charge in [-0.2, -0.15) is 0 Å². The zero-order valence-electron chi connectivity index (χ0n) is 14.3. The molecule has 0 aliphatic carbocycles. The minimum atomic E-state index is -0.428. The summed E-state index contributed by atoms with van der Waals surface area (Å²) in [5, 5.41) is 13.7. The predicted octanol–water partition coefficient (Wildman–Crippen LogP) is 3.21. The van der Waals surface area contributed by atoms with Gasteiger partial charge in [0.25, 0.3) is 5.69 Å². The minimum Gasteiger partial charge on any atom is -0.332 e. The SMILES string of the molecule is Cc1cc(NC(=O)N2CC[C@@H](C)[C@@H](n3ccnc3)C2)ccc1[N+](=O)[O-]. The van der Waals surface area contributed by atoms with Crippen LogP contribution in [-0.4, -0.2) is 38.5 Å². The monoisotopic (exact) mass is 343 g/mol. The number of hydrogen-bond acceptors (Lipinski definition) is 4. The molecule has 2 aromatic rings. The predicted molar refractivity (Wildman–Crippen MR) is 93.5 cm³/mol. The molecule has 1 aromatic heterocycles. The summed E-state index contributed by atoms with van der Waals surface area (Å²) < 4.78 is 2.04. The molecule has 0 bridgehead atoms. The van der Waals surface area contributed by atoms with E-state index in [1.54, 1.807) is 36.5 Å². The van der Waals surface area contributed by atoms with Crippen molar-refractivity contribution >= 4 is 17.4 Å². The number of benzene rings is 1. The largest absolute Gasteiger partial charge is 0.332 e. The molecule has 8 heteroatoms. The van der Waals surface area contributed by atoms with E-state index in [0.29, 0.717) is 30.3 Å². The maximum atomic E-state index is 12.6. The first-order valence-corrected chi connectivity index (χ1v) is 8.24. The Labute approximate surface area is 145 Å². The molecule has 0 radical (unpaired) electrons. The average Bonchev–Trinajstić information content (AvgIpc) is 3.09. The second kappa shape index (κ2) is 6.92. The number of nitrogens with one attached hydrogen (secondary N) is 1. The van der Waals surface area contributed by atoms with E-state index in [1.807, 2.05) is 10.8 Å². The average molecular weight is 343 g/mol. The standard InChI is InChI=1S/C17H21N5O3/c1-12-5-7-20(10-16(12)21-8-6-18-11-21)17(23)19-14-3-4-15(22(24)25)13(2)9-14/h3-4,6,8-9,11-12,16H,5,7,10H2,1-2H3,(H,19,23)/t12-,16+/m1/s1. The summed E-state index contributed by atoms with van der Waals surface area (Å²) in [5.41, 5.74) is 1.13. The first-order valence-electron chi connectivity index (χ1n) is 8.24. The van der Waals surface area contributed by atoms with Gasteiger partial charge in [0, 0.05) is 42.8 Å². The Morgan fingerprint density at radius 2 is 2.24 bits per heavy atom. The summed E-state index contributed by atoms with van der Waals surface area (Å²) in [4.78, 5) is 28.9. The van der Waals surface area contributed by atoms with Crippen LogP contribution in [0, 0.1) is 23.0 Å². The van der Waals surface area contributed by atoms with E-state index in [-0.39, 0.29) is 17.8 Å². The van der Waals surface area contributed by atoms with Crippen LogP contribution < -0.4 is 5.32 Å². The van der Waals surface area contributed by atoms with Gasteiger partial charge in [-0.1, -0.05) is 6.92 Å². The highest BCUT2D eigenvalue weighted by Gasteiger charge is 2.30. The van der Waals surface area contributed by atoms with Crippen LogP contribution in [0.4, 0.5) is 16.2 Å². The number of carbonyl (C=O) groups excluding carboxylic acids is 1. The van der Waals surface area contributed by atoms with Crippen LogP contribution in [0.3, 0.4) is 0 Å². The van der Waals surface area contributed by atoms with Gasteiger partial charge in [-0.15, -0.1) is 0 Å². The highest BCUT2D eigenvalue weighted by atomic mass is 16.6. The third-order valence-corrected chi connectivity index (χ3v) is 4.76. The molecule has 1 fully saturated rings. The number of hydrogen-bond donors (Lipinski definition) is 1. The lowest BCUT2D eigenvalue weighted by atomic mass is 9.93. The van der Waals surface area contributed by atoms with Crippen molar-refractivity contribution in [2.75, 3.05) is 18.4 Å². The molecule has 1 aromatic carbocycles. The molecule has 0 unspecified atom stereocenters. The second-order valence-corrected chi connectivity index (χ2v) is 6.48. The third-order valence-electron chi connectivity index (χ3n) is 4.76. The van der Waals surface area contributed by atoms with Crippen molar-refractivity contribution in [3.8, 4) is 0 Å². The number of anilines is 1. The maximum Gasteiger partial charge on any atom is 0.321 e. The van der Waals surface area contributed by atoms with Crippen LogP contribution in [0.25, 0.3) is 0 Å². The van der Waals surface area contributed by atoms with Crippen molar-refractivity contribution < 1.29 is 9.72 Å². The van der Waals surface area contributed by atoms with Gasteiger partial charge in [0.15, 0.2) is 0 Å². The number of imidazole rings is 1. The van der Waals surface area contributed by atoms with Crippen molar-refractivity contribution in [2.24, 2.45) is 5.92 Å². The van der Waals surface area contributed by atoms with Gasteiger partial charge in [-0.05, 0) is 31.4 Å². The van der Waals surface area contributed by atoms with Crippen LogP contribution in [0.15, 0.2) is 36.9 Å². The van der Waals surface area contributed by atoms with E-state index in [0.717, 1.165) is 6.42 Å². The fourth-order valence-electron chi connectivity index (χ4n) is 3.23. The quantitative estimate of drug-likeness (QED) is 0.684. The smallest absolute Gasteiger partial charge is 0.321 e. The summed E-state index contributed by atoms with van der Waals surface area (Å²) in [6, 6.07) is 4.60. The number of nitro benzene ring substituents is 1. The van der Waals surface area contributed by atoms with Crippen LogP contribution in [0.2, 0.25) is 0 Å². The zero-order valence-corrected chi connectivity index (χ0v) is 14.3. The normalized spacial score (nSPS) is 20.3. The minimum absolute atomic E-state index is 0.0463. The van der Waals surface area contributed by atoms with E-state index in [1.165, 1.54) is 6.07 Å². The van der Waals surface area contributed by atoms with Gasteiger partial charge in [0.1, 0.15) is 0 Å². The number of rotatable bonds is 3. The summed E-state index contributed by atoms with van der Waals surface area (Å²) >= 11 is 0. The first-order chi connectivity index (χ1) is 12.0. The molecular weight excluding hydrogens is 322 g/mol. The number of aromatic nitrogens is 2. The molecule has 25 heavy (non-hydrogen) atoms. The second-order valence-electron chi connectivity index (χ2n) is 6.48. The summed E-state index contributed by atoms with van der Waals surface area (Å²) in [5.74, 6) is 0.458. The van der Waals surface area contributed by atoms with Crippen LogP contribution in [0.5, 0.6) is 0 Å². The fourth-order valence-corrected chi connectivity index (χ4v) is 3.23. The number of nitro groups is 1. The maximum absolute atomic E-state index is 12.6. The van der Waals surface area contributed by atoms with Crippen molar-refractivity contribution in [2.45, 2.75) is 26.3 Å². The molecule has 3 rings (SSSR count). The number of amides is 2. The molecule has 8 nitrogen and oxygen atoms in total. The molecule has 2 amide bonds. The highest BCUT2D eigenvalue weighted by Crippen LogP contribution is 2.28. The molecule has 1 aliphatic heterocycles. The Morgan fingerprint density at radius 3 is 2.88 bits per heavy atom. The number of likely N-dealkylation sites (tertiary alicyclic amines) is 1. The molecule has 1 N–H and O–H groups in total. The molecule has 1 saturated heterocycles. The van der Waals surface area contributed by atoms with Gasteiger partial charge < -0.3 is 14.8 Å². The van der Waals surface area contributed by atoms with Gasteiger partial charge in [0.2, 0.25) is 0 Å². The zero-order chi connectivity index (χ0) is 18.0. The summed E-state index contributed by atoms with van der Waals surface area (Å²) in [6.45, 7) is 5.13. The van der Waals surface area contributed by atoms with Crippen LogP contribution in [-0.2, 0) is 0 Å². The summed E-state index contributed by atoms with van der Waals surface area (Å²) in [6.07, 6.45) is 6.35. The van der Waals surface area contributed by atoms with Crippen LogP contribution in [0.1, 0.15) is 24.9 Å². The number of carbonyl (C=O) groups is 1. The van der Waals surface area contributed by atoms with Gasteiger partial charge in [-0.25, -0.2) is 9.78 Å².